The number of thiazole rings is 1. The lowest BCUT2D eigenvalue weighted by atomic mass is 10.1. The van der Waals surface area contributed by atoms with Crippen LogP contribution >= 0.6 is 22.7 Å². The summed E-state index contributed by atoms with van der Waals surface area (Å²) in [5.74, 6) is -1.84. The number of nitrogens with zero attached hydrogens (tertiary/aromatic N) is 1. The van der Waals surface area contributed by atoms with Gasteiger partial charge in [0.2, 0.25) is 0 Å². The van der Waals surface area contributed by atoms with Gasteiger partial charge in [-0.05, 0) is 18.6 Å². The predicted octanol–water partition coefficient (Wildman–Crippen LogP) is 4.44. The van der Waals surface area contributed by atoms with Crippen LogP contribution in [0.5, 0.6) is 0 Å². The molecule has 32 heavy (non-hydrogen) atoms. The molecule has 0 atom stereocenters. The SMILES string of the molecule is C=CCNc1nc(C(=O)OCC(=O)Nc2sc(-c3ccccc3)cc2C(=O)OCC)cs1. The lowest BCUT2D eigenvalue weighted by molar-refractivity contribution is -0.119. The van der Waals surface area contributed by atoms with Crippen molar-refractivity contribution in [2.45, 2.75) is 6.92 Å². The molecule has 0 saturated carbocycles. The Bertz CT molecular complexity index is 1110. The average Bonchev–Trinajstić information content (AvgIpc) is 3.44. The third-order valence-electron chi connectivity index (χ3n) is 3.98. The molecular weight excluding hydrogens is 450 g/mol. The van der Waals surface area contributed by atoms with Crippen LogP contribution in [0, 0.1) is 0 Å². The molecule has 0 unspecified atom stereocenters. The number of carbonyl (C=O) groups is 3. The molecule has 3 rings (SSSR count). The molecule has 0 radical (unpaired) electrons. The van der Waals surface area contributed by atoms with E-state index in [-0.39, 0.29) is 17.9 Å². The minimum Gasteiger partial charge on any atom is -0.462 e. The van der Waals surface area contributed by atoms with Gasteiger partial charge in [-0.15, -0.1) is 29.3 Å². The number of esters is 2. The van der Waals surface area contributed by atoms with E-state index in [2.05, 4.69) is 22.2 Å². The Balaban J connectivity index is 1.66. The molecule has 0 aliphatic rings. The topological polar surface area (TPSA) is 107 Å². The van der Waals surface area contributed by atoms with Gasteiger partial charge in [0.05, 0.1) is 12.2 Å². The van der Waals surface area contributed by atoms with Crippen LogP contribution in [-0.2, 0) is 14.3 Å². The largest absolute Gasteiger partial charge is 0.462 e. The second-order valence-electron chi connectivity index (χ2n) is 6.27. The van der Waals surface area contributed by atoms with Gasteiger partial charge < -0.3 is 20.1 Å². The molecule has 8 nitrogen and oxygen atoms in total. The Hall–Kier alpha value is -3.50. The Labute approximate surface area is 192 Å². The van der Waals surface area contributed by atoms with Gasteiger partial charge in [0.25, 0.3) is 5.91 Å². The highest BCUT2D eigenvalue weighted by Crippen LogP contribution is 2.35. The first-order valence-corrected chi connectivity index (χ1v) is 11.3. The molecule has 0 spiro atoms. The van der Waals surface area contributed by atoms with E-state index in [1.54, 1.807) is 19.1 Å². The Morgan fingerprint density at radius 3 is 2.66 bits per heavy atom. The van der Waals surface area contributed by atoms with Gasteiger partial charge in [0.15, 0.2) is 17.4 Å². The van der Waals surface area contributed by atoms with Crippen LogP contribution < -0.4 is 10.6 Å². The first kappa shape index (κ1) is 23.2. The fraction of sp³-hybridized carbons (Fsp3) is 0.182. The summed E-state index contributed by atoms with van der Waals surface area (Å²) in [6.45, 7) is 5.50. The van der Waals surface area contributed by atoms with Crippen LogP contribution in [0.15, 0.2) is 54.4 Å². The van der Waals surface area contributed by atoms with Gasteiger partial charge in [-0.2, -0.15) is 0 Å². The van der Waals surface area contributed by atoms with E-state index in [4.69, 9.17) is 9.47 Å². The lowest BCUT2D eigenvalue weighted by Gasteiger charge is -2.06. The maximum absolute atomic E-state index is 12.4. The monoisotopic (exact) mass is 471 g/mol. The number of hydrogen-bond donors (Lipinski definition) is 2. The van der Waals surface area contributed by atoms with Crippen LogP contribution in [0.1, 0.15) is 27.8 Å². The minimum atomic E-state index is -0.718. The summed E-state index contributed by atoms with van der Waals surface area (Å²) in [6.07, 6.45) is 1.67. The van der Waals surface area contributed by atoms with Crippen molar-refractivity contribution in [1.29, 1.82) is 0 Å². The summed E-state index contributed by atoms with van der Waals surface area (Å²) in [6, 6.07) is 11.1. The number of rotatable bonds is 10. The van der Waals surface area contributed by atoms with Crippen LogP contribution in [0.2, 0.25) is 0 Å². The summed E-state index contributed by atoms with van der Waals surface area (Å²) in [4.78, 5) is 41.8. The smallest absolute Gasteiger partial charge is 0.358 e. The summed E-state index contributed by atoms with van der Waals surface area (Å²) in [7, 11) is 0. The number of benzene rings is 1. The van der Waals surface area contributed by atoms with Crippen molar-refractivity contribution in [1.82, 2.24) is 4.98 Å². The maximum Gasteiger partial charge on any atom is 0.358 e. The molecule has 10 heteroatoms. The van der Waals surface area contributed by atoms with E-state index in [0.717, 1.165) is 10.4 Å². The molecule has 0 fully saturated rings. The summed E-state index contributed by atoms with van der Waals surface area (Å²) >= 11 is 2.48. The van der Waals surface area contributed by atoms with E-state index >= 15 is 0 Å². The molecule has 3 aromatic rings. The van der Waals surface area contributed by atoms with Gasteiger partial charge >= 0.3 is 11.9 Å². The van der Waals surface area contributed by atoms with Crippen molar-refractivity contribution in [3.63, 3.8) is 0 Å². The molecule has 2 aromatic heterocycles. The molecule has 0 saturated heterocycles. The van der Waals surface area contributed by atoms with E-state index in [1.807, 2.05) is 30.3 Å². The van der Waals surface area contributed by atoms with Gasteiger partial charge in [0.1, 0.15) is 5.00 Å². The zero-order valence-electron chi connectivity index (χ0n) is 17.3. The van der Waals surface area contributed by atoms with Crippen molar-refractivity contribution in [3.8, 4) is 10.4 Å². The fourth-order valence-corrected chi connectivity index (χ4v) is 4.32. The number of carbonyl (C=O) groups excluding carboxylic acids is 3. The van der Waals surface area contributed by atoms with E-state index in [0.29, 0.717) is 16.7 Å². The highest BCUT2D eigenvalue weighted by Gasteiger charge is 2.21. The number of anilines is 2. The van der Waals surface area contributed by atoms with Crippen LogP contribution in [0.3, 0.4) is 0 Å². The Kier molecular flexibility index (Phi) is 8.12. The quantitative estimate of drug-likeness (QED) is 0.332. The first-order valence-electron chi connectivity index (χ1n) is 9.65. The summed E-state index contributed by atoms with van der Waals surface area (Å²) in [5, 5.41) is 8.02. The number of aromatic nitrogens is 1. The van der Waals surface area contributed by atoms with Crippen molar-refractivity contribution >= 4 is 50.7 Å². The minimum absolute atomic E-state index is 0.101. The number of thiophene rings is 1. The normalized spacial score (nSPS) is 10.3. The van der Waals surface area contributed by atoms with Crippen molar-refractivity contribution in [2.75, 3.05) is 30.4 Å². The molecule has 2 N–H and O–H groups in total. The second-order valence-corrected chi connectivity index (χ2v) is 8.18. The van der Waals surface area contributed by atoms with Crippen molar-refractivity contribution in [2.24, 2.45) is 0 Å². The number of ether oxygens (including phenoxy) is 2. The zero-order valence-corrected chi connectivity index (χ0v) is 18.9. The third-order valence-corrected chi connectivity index (χ3v) is 5.88. The standard InChI is InChI=1S/C22H21N3O5S2/c1-3-10-23-22-24-16(13-31-22)21(28)30-12-18(26)25-19-15(20(27)29-4-2)11-17(32-19)14-8-6-5-7-9-14/h3,5-9,11,13H,1,4,10,12H2,2H3,(H,23,24)(H,25,26). The maximum atomic E-state index is 12.4. The van der Waals surface area contributed by atoms with Gasteiger partial charge in [-0.25, -0.2) is 14.6 Å². The molecule has 1 amide bonds. The first-order chi connectivity index (χ1) is 15.5. The molecule has 2 heterocycles. The zero-order chi connectivity index (χ0) is 22.9. The molecule has 0 aliphatic carbocycles. The van der Waals surface area contributed by atoms with Crippen LogP contribution in [0.4, 0.5) is 10.1 Å². The third kappa shape index (κ3) is 6.02. The van der Waals surface area contributed by atoms with Crippen molar-refractivity contribution < 1.29 is 23.9 Å². The van der Waals surface area contributed by atoms with Gasteiger partial charge in [0, 0.05) is 16.8 Å². The predicted molar refractivity (Wildman–Crippen MR) is 125 cm³/mol. The average molecular weight is 472 g/mol. The summed E-state index contributed by atoms with van der Waals surface area (Å²) in [5.41, 5.74) is 1.25. The Morgan fingerprint density at radius 2 is 1.94 bits per heavy atom. The lowest BCUT2D eigenvalue weighted by Crippen LogP contribution is -2.21. The van der Waals surface area contributed by atoms with E-state index in [1.165, 1.54) is 28.1 Å². The number of hydrogen-bond acceptors (Lipinski definition) is 9. The number of amides is 1. The fourth-order valence-electron chi connectivity index (χ4n) is 2.56. The number of nitrogens with one attached hydrogen (secondary N) is 2. The molecule has 1 aromatic carbocycles. The van der Waals surface area contributed by atoms with Crippen LogP contribution in [0.25, 0.3) is 10.4 Å². The summed E-state index contributed by atoms with van der Waals surface area (Å²) < 4.78 is 10.2. The molecule has 0 bridgehead atoms. The second kappa shape index (κ2) is 11.2. The van der Waals surface area contributed by atoms with E-state index < -0.39 is 24.5 Å². The molecule has 166 valence electrons. The molecule has 0 aliphatic heterocycles. The van der Waals surface area contributed by atoms with E-state index in [9.17, 15) is 14.4 Å². The highest BCUT2D eigenvalue weighted by molar-refractivity contribution is 7.20. The molecular formula is C22H21N3O5S2. The van der Waals surface area contributed by atoms with Gasteiger partial charge in [-0.3, -0.25) is 4.79 Å². The van der Waals surface area contributed by atoms with Gasteiger partial charge in [-0.1, -0.05) is 36.4 Å². The van der Waals surface area contributed by atoms with Crippen molar-refractivity contribution in [3.05, 3.63) is 65.7 Å². The van der Waals surface area contributed by atoms with Crippen LogP contribution in [-0.4, -0.2) is 42.6 Å². The highest BCUT2D eigenvalue weighted by atomic mass is 32.1. The Morgan fingerprint density at radius 1 is 1.16 bits per heavy atom.